The second kappa shape index (κ2) is 22.2. The maximum Gasteiger partial charge on any atom is 0.0757 e. The standard InChI is InChI=1S/C24H29N3.C15H28O.2C2H6.CH5N/c1-4-19-12-9-13-23(22(19)5-2)24(18(3)26-25)27-16-14-21(15-17-27)20-10-7-6-8-11-20;1-5-6-14(4)7-9-15(10-8-14)11-13(2,3)16-12-15;3*1-2/h4-13,21,24H,1-2,14-17,25H2,3H3;5-12H2,1-4H3;2*1-2H3;2H2,1H3/b26-18+;;;;. The lowest BCUT2D eigenvalue weighted by molar-refractivity contribution is 0.0221. The van der Waals surface area contributed by atoms with Crippen LogP contribution >= 0.6 is 0 Å². The van der Waals surface area contributed by atoms with Crippen LogP contribution in [0, 0.1) is 10.8 Å². The van der Waals surface area contributed by atoms with Crippen LogP contribution in [-0.2, 0) is 4.74 Å². The highest BCUT2D eigenvalue weighted by Crippen LogP contribution is 2.54. The third-order valence-electron chi connectivity index (χ3n) is 10.6. The van der Waals surface area contributed by atoms with Crippen LogP contribution in [0.3, 0.4) is 0 Å². The summed E-state index contributed by atoms with van der Waals surface area (Å²) in [5, 5.41) is 4.06. The minimum absolute atomic E-state index is 0.0691. The summed E-state index contributed by atoms with van der Waals surface area (Å²) in [6, 6.07) is 17.2. The average molecular weight is 675 g/mol. The SMILES string of the molecule is C=Cc1cccc(C(/C(C)=N/N)N2CCC(c3ccccc3)CC2)c1C=C.CC.CC.CCCC1(C)CCC2(CC1)COC(C)(C)C2.CN. The summed E-state index contributed by atoms with van der Waals surface area (Å²) in [4.78, 5) is 2.50. The minimum Gasteiger partial charge on any atom is -0.375 e. The number of likely N-dealkylation sites (tertiary alicyclic amines) is 1. The molecule has 5 nitrogen and oxygen atoms in total. The van der Waals surface area contributed by atoms with Gasteiger partial charge in [0.05, 0.1) is 24.0 Å². The second-order valence-electron chi connectivity index (χ2n) is 14.4. The number of piperidine rings is 1. The predicted molar refractivity (Wildman–Crippen MR) is 218 cm³/mol. The minimum atomic E-state index is 0.0691. The zero-order chi connectivity index (χ0) is 37.1. The Morgan fingerprint density at radius 1 is 0.918 bits per heavy atom. The highest BCUT2D eigenvalue weighted by molar-refractivity contribution is 5.89. The van der Waals surface area contributed by atoms with Crippen LogP contribution in [0.2, 0.25) is 0 Å². The summed E-state index contributed by atoms with van der Waals surface area (Å²) in [7, 11) is 1.50. The van der Waals surface area contributed by atoms with Gasteiger partial charge < -0.3 is 16.3 Å². The van der Waals surface area contributed by atoms with Gasteiger partial charge in [-0.3, -0.25) is 4.90 Å². The Morgan fingerprint density at radius 3 is 1.98 bits per heavy atom. The van der Waals surface area contributed by atoms with Crippen LogP contribution < -0.4 is 11.6 Å². The second-order valence-corrected chi connectivity index (χ2v) is 14.4. The van der Waals surface area contributed by atoms with E-state index in [2.05, 4.69) is 105 Å². The number of hydrazone groups is 1. The van der Waals surface area contributed by atoms with Crippen LogP contribution in [0.5, 0.6) is 0 Å². The summed E-state index contributed by atoms with van der Waals surface area (Å²) in [5.41, 5.74) is 11.6. The molecule has 2 aromatic rings. The molecule has 1 atom stereocenters. The summed E-state index contributed by atoms with van der Waals surface area (Å²) in [6.45, 7) is 30.4. The number of nitrogens with two attached hydrogens (primary N) is 2. The first-order valence-corrected chi connectivity index (χ1v) is 19.2. The Hall–Kier alpha value is -2.73. The molecule has 49 heavy (non-hydrogen) atoms. The molecule has 3 aliphatic rings. The zero-order valence-electron chi connectivity index (χ0n) is 33.3. The van der Waals surface area contributed by atoms with Gasteiger partial charge in [0.15, 0.2) is 0 Å². The molecule has 276 valence electrons. The fourth-order valence-electron chi connectivity index (χ4n) is 8.14. The van der Waals surface area contributed by atoms with Crippen molar-refractivity contribution >= 4 is 17.9 Å². The molecule has 1 unspecified atom stereocenters. The Kier molecular flexibility index (Phi) is 20.0. The molecule has 1 saturated carbocycles. The largest absolute Gasteiger partial charge is 0.375 e. The van der Waals surface area contributed by atoms with E-state index in [1.165, 1.54) is 63.1 Å². The van der Waals surface area contributed by atoms with Gasteiger partial charge in [-0.2, -0.15) is 5.10 Å². The predicted octanol–water partition coefficient (Wildman–Crippen LogP) is 11.4. The van der Waals surface area contributed by atoms with Crippen molar-refractivity contribution in [1.29, 1.82) is 0 Å². The molecule has 0 aromatic heterocycles. The van der Waals surface area contributed by atoms with Crippen LogP contribution in [0.1, 0.15) is 154 Å². The molecule has 2 aromatic carbocycles. The van der Waals surface area contributed by atoms with E-state index in [1.54, 1.807) is 0 Å². The van der Waals surface area contributed by atoms with Crippen molar-refractivity contribution < 1.29 is 4.74 Å². The summed E-state index contributed by atoms with van der Waals surface area (Å²) in [5.74, 6) is 6.33. The third-order valence-corrected chi connectivity index (χ3v) is 10.6. The van der Waals surface area contributed by atoms with E-state index in [0.717, 1.165) is 49.4 Å². The topological polar surface area (TPSA) is 76.9 Å². The van der Waals surface area contributed by atoms with Crippen molar-refractivity contribution in [1.82, 2.24) is 4.90 Å². The molecule has 0 bridgehead atoms. The van der Waals surface area contributed by atoms with Crippen molar-refractivity contribution in [2.45, 2.75) is 138 Å². The quantitative estimate of drug-likeness (QED) is 0.166. The first-order valence-electron chi connectivity index (χ1n) is 19.2. The fraction of sp³-hybridized carbons (Fsp3) is 0.614. The third kappa shape index (κ3) is 12.5. The van der Waals surface area contributed by atoms with Crippen molar-refractivity contribution in [2.75, 3.05) is 26.7 Å². The molecule has 5 rings (SSSR count). The van der Waals surface area contributed by atoms with Crippen LogP contribution in [0.15, 0.2) is 66.8 Å². The maximum atomic E-state index is 5.96. The molecule has 1 aliphatic carbocycles. The lowest BCUT2D eigenvalue weighted by atomic mass is 9.61. The molecule has 4 N–H and O–H groups in total. The van der Waals surface area contributed by atoms with Gasteiger partial charge in [-0.05, 0) is 131 Å². The molecular weight excluding hydrogens is 601 g/mol. The molecule has 2 saturated heterocycles. The molecule has 2 aliphatic heterocycles. The first-order chi connectivity index (χ1) is 23.6. The molecule has 2 heterocycles. The highest BCUT2D eigenvalue weighted by Gasteiger charge is 2.48. The number of benzene rings is 2. The summed E-state index contributed by atoms with van der Waals surface area (Å²) in [6.07, 6.45) is 15.7. The van der Waals surface area contributed by atoms with E-state index in [1.807, 2.05) is 46.8 Å². The Labute approximate surface area is 302 Å². The van der Waals surface area contributed by atoms with Gasteiger partial charge in [-0.25, -0.2) is 0 Å². The molecule has 1 spiro atoms. The number of nitrogens with zero attached hydrogens (tertiary/aromatic N) is 2. The lowest BCUT2D eigenvalue weighted by Gasteiger charge is -2.43. The van der Waals surface area contributed by atoms with Gasteiger partial charge in [0.25, 0.3) is 0 Å². The summed E-state index contributed by atoms with van der Waals surface area (Å²) < 4.78 is 5.96. The normalized spacial score (nSPS) is 23.9. The van der Waals surface area contributed by atoms with Crippen LogP contribution in [0.4, 0.5) is 0 Å². The van der Waals surface area contributed by atoms with Crippen molar-refractivity contribution in [2.24, 2.45) is 27.5 Å². The number of ether oxygens (including phenoxy) is 1. The molecule has 0 amide bonds. The Balaban J connectivity index is 0.000000465. The van der Waals surface area contributed by atoms with Gasteiger partial charge >= 0.3 is 0 Å². The number of hydrogen-bond acceptors (Lipinski definition) is 5. The Bertz CT molecular complexity index is 1230. The number of hydrogen-bond donors (Lipinski definition) is 2. The smallest absolute Gasteiger partial charge is 0.0757 e. The van der Waals surface area contributed by atoms with Gasteiger partial charge in [-0.15, -0.1) is 0 Å². The van der Waals surface area contributed by atoms with E-state index in [0.29, 0.717) is 16.7 Å². The zero-order valence-corrected chi connectivity index (χ0v) is 33.3. The van der Waals surface area contributed by atoms with E-state index < -0.39 is 0 Å². The van der Waals surface area contributed by atoms with E-state index >= 15 is 0 Å². The lowest BCUT2D eigenvalue weighted by Crippen LogP contribution is -2.39. The highest BCUT2D eigenvalue weighted by atomic mass is 16.5. The van der Waals surface area contributed by atoms with Crippen molar-refractivity contribution in [3.63, 3.8) is 0 Å². The van der Waals surface area contributed by atoms with Gasteiger partial charge in [0.2, 0.25) is 0 Å². The molecular formula is C44H74N4O. The average Bonchev–Trinajstić information content (AvgIpc) is 3.46. The number of rotatable bonds is 8. The Morgan fingerprint density at radius 2 is 1.51 bits per heavy atom. The van der Waals surface area contributed by atoms with Gasteiger partial charge in [0.1, 0.15) is 0 Å². The molecule has 3 fully saturated rings. The first kappa shape index (κ1) is 44.3. The monoisotopic (exact) mass is 675 g/mol. The van der Waals surface area contributed by atoms with Crippen molar-refractivity contribution in [3.05, 3.63) is 83.9 Å². The summed E-state index contributed by atoms with van der Waals surface area (Å²) >= 11 is 0. The molecule has 5 heteroatoms. The van der Waals surface area contributed by atoms with Gasteiger partial charge in [-0.1, -0.05) is 122 Å². The maximum absolute atomic E-state index is 5.96. The van der Waals surface area contributed by atoms with Crippen LogP contribution in [-0.4, -0.2) is 43.0 Å². The van der Waals surface area contributed by atoms with Crippen molar-refractivity contribution in [3.8, 4) is 0 Å². The van der Waals surface area contributed by atoms with E-state index in [4.69, 9.17) is 10.6 Å². The van der Waals surface area contributed by atoms with E-state index in [9.17, 15) is 0 Å². The van der Waals surface area contributed by atoms with Crippen LogP contribution in [0.25, 0.3) is 12.2 Å². The van der Waals surface area contributed by atoms with Gasteiger partial charge in [0, 0.05) is 0 Å². The molecule has 0 radical (unpaired) electrons. The fourth-order valence-corrected chi connectivity index (χ4v) is 8.14. The van der Waals surface area contributed by atoms with E-state index in [-0.39, 0.29) is 11.6 Å².